The highest BCUT2D eigenvalue weighted by Crippen LogP contribution is 2.37. The van der Waals surface area contributed by atoms with Crippen molar-refractivity contribution in [2.75, 3.05) is 0 Å². The van der Waals surface area contributed by atoms with Gasteiger partial charge in [0.2, 0.25) is 5.88 Å². The molecule has 1 amide bonds. The first kappa shape index (κ1) is 19.4. The summed E-state index contributed by atoms with van der Waals surface area (Å²) < 4.78 is 1.65. The van der Waals surface area contributed by atoms with E-state index in [1.807, 2.05) is 85.8 Å². The highest BCUT2D eigenvalue weighted by molar-refractivity contribution is 6.01. The van der Waals surface area contributed by atoms with Gasteiger partial charge in [-0.05, 0) is 24.6 Å². The first-order valence-electron chi connectivity index (χ1n) is 10.1. The minimum atomic E-state index is -0.549. The zero-order valence-electron chi connectivity index (χ0n) is 17.2. The molecule has 0 radical (unpaired) electrons. The lowest BCUT2D eigenvalue weighted by molar-refractivity contribution is 0.0995. The molecule has 0 aliphatic rings. The van der Waals surface area contributed by atoms with Crippen molar-refractivity contribution in [3.8, 4) is 22.8 Å². The molecule has 5 aromatic rings. The second-order valence-corrected chi connectivity index (χ2v) is 7.36. The summed E-state index contributed by atoms with van der Waals surface area (Å²) in [6, 6.07) is 24.6. The van der Waals surface area contributed by atoms with Crippen molar-refractivity contribution in [3.05, 3.63) is 96.2 Å². The Kier molecular flexibility index (Phi) is 4.84. The topological polar surface area (TPSA) is 95.6 Å². The number of fused-ring (bicyclic) bond motifs is 1. The molecule has 2 aromatic heterocycles. The van der Waals surface area contributed by atoms with Crippen molar-refractivity contribution in [1.29, 1.82) is 0 Å². The smallest absolute Gasteiger partial charge is 0.299 e. The first-order valence-corrected chi connectivity index (χ1v) is 10.1. The zero-order valence-corrected chi connectivity index (χ0v) is 17.2. The number of benzene rings is 3. The lowest BCUT2D eigenvalue weighted by Crippen LogP contribution is -1.94. The molecule has 0 aliphatic heterocycles. The fourth-order valence-electron chi connectivity index (χ4n) is 3.64. The van der Waals surface area contributed by atoms with E-state index >= 15 is 0 Å². The van der Waals surface area contributed by atoms with E-state index in [1.165, 1.54) is 0 Å². The minimum absolute atomic E-state index is 0.130. The van der Waals surface area contributed by atoms with Crippen molar-refractivity contribution < 1.29 is 9.90 Å². The summed E-state index contributed by atoms with van der Waals surface area (Å²) in [6.07, 6.45) is 1.65. The number of rotatable bonds is 4. The van der Waals surface area contributed by atoms with Crippen molar-refractivity contribution >= 4 is 22.5 Å². The van der Waals surface area contributed by atoms with E-state index in [1.54, 1.807) is 10.9 Å². The fraction of sp³-hybridized carbons (Fsp3) is 0.0400. The number of para-hydroxylation sites is 2. The second-order valence-electron chi connectivity index (χ2n) is 7.36. The Balaban J connectivity index is 1.57. The van der Waals surface area contributed by atoms with Crippen molar-refractivity contribution in [1.82, 2.24) is 14.8 Å². The van der Waals surface area contributed by atoms with Crippen LogP contribution in [-0.2, 0) is 0 Å². The summed E-state index contributed by atoms with van der Waals surface area (Å²) >= 11 is 0. The number of aromatic hydroxyl groups is 1. The number of carbonyl (C=O) groups is 1. The number of amides is 1. The normalized spacial score (nSPS) is 11.4. The maximum absolute atomic E-state index is 13.1. The van der Waals surface area contributed by atoms with E-state index in [2.05, 4.69) is 20.3 Å². The largest absolute Gasteiger partial charge is 0.493 e. The summed E-state index contributed by atoms with van der Waals surface area (Å²) in [5.41, 5.74) is 4.40. The third kappa shape index (κ3) is 3.45. The van der Waals surface area contributed by atoms with Crippen LogP contribution in [0.3, 0.4) is 0 Å². The Morgan fingerprint density at radius 2 is 1.69 bits per heavy atom. The van der Waals surface area contributed by atoms with Crippen LogP contribution in [0, 0.1) is 6.92 Å². The Morgan fingerprint density at radius 3 is 2.44 bits per heavy atom. The fourth-order valence-corrected chi connectivity index (χ4v) is 3.64. The number of azo groups is 1. The van der Waals surface area contributed by atoms with Gasteiger partial charge in [-0.15, -0.1) is 10.2 Å². The number of aromatic amines is 1. The average molecular weight is 421 g/mol. The highest BCUT2D eigenvalue weighted by Gasteiger charge is 2.19. The van der Waals surface area contributed by atoms with E-state index < -0.39 is 5.91 Å². The van der Waals surface area contributed by atoms with Crippen LogP contribution in [-0.4, -0.2) is 25.8 Å². The number of nitrogens with zero attached hydrogens (tertiary/aromatic N) is 4. The molecule has 0 aliphatic carbocycles. The van der Waals surface area contributed by atoms with Crippen LogP contribution >= 0.6 is 0 Å². The van der Waals surface area contributed by atoms with Gasteiger partial charge in [0.05, 0.1) is 16.8 Å². The molecule has 0 saturated heterocycles. The summed E-state index contributed by atoms with van der Waals surface area (Å²) in [6.45, 7) is 1.93. The number of H-pyrrole nitrogens is 1. The molecule has 32 heavy (non-hydrogen) atoms. The molecule has 0 atom stereocenters. The summed E-state index contributed by atoms with van der Waals surface area (Å²) in [5.74, 6) is -0.679. The van der Waals surface area contributed by atoms with E-state index in [9.17, 15) is 9.90 Å². The van der Waals surface area contributed by atoms with E-state index in [-0.39, 0.29) is 11.6 Å². The summed E-state index contributed by atoms with van der Waals surface area (Å²) in [7, 11) is 0. The van der Waals surface area contributed by atoms with Gasteiger partial charge in [0.25, 0.3) is 5.91 Å². The van der Waals surface area contributed by atoms with Crippen LogP contribution in [0.4, 0.5) is 5.69 Å². The maximum Gasteiger partial charge on any atom is 0.299 e. The van der Waals surface area contributed by atoms with Gasteiger partial charge >= 0.3 is 0 Å². The van der Waals surface area contributed by atoms with Crippen molar-refractivity contribution in [2.24, 2.45) is 10.2 Å². The van der Waals surface area contributed by atoms with Crippen LogP contribution in [0.25, 0.3) is 27.8 Å². The van der Waals surface area contributed by atoms with Crippen LogP contribution < -0.4 is 0 Å². The molecule has 0 fully saturated rings. The molecule has 2 N–H and O–H groups in total. The number of aromatic nitrogens is 3. The van der Waals surface area contributed by atoms with Crippen molar-refractivity contribution in [2.45, 2.75) is 6.92 Å². The van der Waals surface area contributed by atoms with Crippen molar-refractivity contribution in [3.63, 3.8) is 0 Å². The van der Waals surface area contributed by atoms with Crippen LogP contribution in [0.15, 0.2) is 95.3 Å². The molecule has 156 valence electrons. The van der Waals surface area contributed by atoms with Gasteiger partial charge in [-0.2, -0.15) is 5.10 Å². The molecule has 0 unspecified atom stereocenters. The number of aryl methyl sites for hydroxylation is 1. The second kappa shape index (κ2) is 7.96. The summed E-state index contributed by atoms with van der Waals surface area (Å²) in [5, 5.41) is 23.6. The maximum atomic E-state index is 13.1. The third-order valence-corrected chi connectivity index (χ3v) is 5.25. The molecule has 7 nitrogen and oxygen atoms in total. The molecule has 0 spiro atoms. The monoisotopic (exact) mass is 421 g/mol. The van der Waals surface area contributed by atoms with Gasteiger partial charge in [0.1, 0.15) is 5.69 Å². The predicted octanol–water partition coefficient (Wildman–Crippen LogP) is 5.96. The van der Waals surface area contributed by atoms with E-state index in [0.29, 0.717) is 16.6 Å². The number of nitrogens with one attached hydrogen (secondary N) is 1. The third-order valence-electron chi connectivity index (χ3n) is 5.25. The lowest BCUT2D eigenvalue weighted by Gasteiger charge is -2.00. The van der Waals surface area contributed by atoms with Gasteiger partial charge in [-0.3, -0.25) is 4.79 Å². The van der Waals surface area contributed by atoms with Crippen LogP contribution in [0.1, 0.15) is 15.9 Å². The lowest BCUT2D eigenvalue weighted by atomic mass is 10.1. The van der Waals surface area contributed by atoms with Gasteiger partial charge in [0.15, 0.2) is 5.69 Å². The van der Waals surface area contributed by atoms with Gasteiger partial charge in [-0.25, -0.2) is 4.68 Å². The Hall–Kier alpha value is -4.52. The average Bonchev–Trinajstić information content (AvgIpc) is 3.41. The molecule has 0 saturated carbocycles. The number of carbonyl (C=O) groups excluding carboxylic acids is 1. The first-order chi connectivity index (χ1) is 15.6. The predicted molar refractivity (Wildman–Crippen MR) is 123 cm³/mol. The van der Waals surface area contributed by atoms with Gasteiger partial charge in [0, 0.05) is 17.1 Å². The molecule has 2 heterocycles. The molecule has 5 rings (SSSR count). The van der Waals surface area contributed by atoms with E-state index in [0.717, 1.165) is 22.3 Å². The number of hydrogen-bond donors (Lipinski definition) is 2. The Bertz CT molecular complexity index is 1450. The van der Waals surface area contributed by atoms with Crippen LogP contribution in [0.5, 0.6) is 5.88 Å². The van der Waals surface area contributed by atoms with Gasteiger partial charge < -0.3 is 10.1 Å². The van der Waals surface area contributed by atoms with Crippen LogP contribution in [0.2, 0.25) is 0 Å². The standard InChI is InChI=1S/C25H19N5O2/c1-16-9-8-14-19-21(16)26-25(32)23(19)27-28-24(31)20-15-30(18-12-6-3-7-13-18)29-22(20)17-10-4-2-5-11-17/h2-15,26,32H,1H3. The zero-order chi connectivity index (χ0) is 22.1. The minimum Gasteiger partial charge on any atom is -0.493 e. The molecule has 3 aromatic carbocycles. The van der Waals surface area contributed by atoms with Gasteiger partial charge in [-0.1, -0.05) is 66.7 Å². The molecule has 0 bridgehead atoms. The molecular formula is C25H19N5O2. The SMILES string of the molecule is Cc1cccc2c(N=NC(=O)c3cn(-c4ccccc4)nc3-c3ccccc3)c(O)[nH]c12. The quantitative estimate of drug-likeness (QED) is 0.351. The highest BCUT2D eigenvalue weighted by atomic mass is 16.3. The van der Waals surface area contributed by atoms with E-state index in [4.69, 9.17) is 0 Å². The summed E-state index contributed by atoms with van der Waals surface area (Å²) in [4.78, 5) is 16.0. The Morgan fingerprint density at radius 1 is 0.969 bits per heavy atom. The number of hydrogen-bond acceptors (Lipinski definition) is 4. The Labute approximate surface area is 183 Å². The molecule has 7 heteroatoms. The molecular weight excluding hydrogens is 402 g/mol.